The maximum atomic E-state index is 2.64. The fourth-order valence-corrected chi connectivity index (χ4v) is 2.98. The predicted molar refractivity (Wildman–Crippen MR) is 87.0 cm³/mol. The molecule has 1 fully saturated rings. The summed E-state index contributed by atoms with van der Waals surface area (Å²) < 4.78 is 0. The summed E-state index contributed by atoms with van der Waals surface area (Å²) in [4.78, 5) is 5.17. The molecule has 0 aromatic heterocycles. The number of rotatable bonds is 4. The van der Waals surface area contributed by atoms with Crippen LogP contribution >= 0.6 is 0 Å². The fraction of sp³-hybridized carbons (Fsp3) is 0.667. The molecule has 0 unspecified atom stereocenters. The van der Waals surface area contributed by atoms with Gasteiger partial charge in [0, 0.05) is 18.1 Å². The lowest BCUT2D eigenvalue weighted by atomic mass is 9.97. The highest BCUT2D eigenvalue weighted by Crippen LogP contribution is 2.28. The second kappa shape index (κ2) is 6.73. The van der Waals surface area contributed by atoms with Gasteiger partial charge in [-0.05, 0) is 59.3 Å². The molecule has 1 aliphatic heterocycles. The van der Waals surface area contributed by atoms with E-state index in [-0.39, 0.29) is 5.54 Å². The van der Waals surface area contributed by atoms with Crippen molar-refractivity contribution in [2.75, 3.05) is 26.7 Å². The van der Waals surface area contributed by atoms with Crippen molar-refractivity contribution in [1.82, 2.24) is 9.80 Å². The molecule has 0 amide bonds. The number of piperidine rings is 1. The van der Waals surface area contributed by atoms with Crippen LogP contribution in [0.5, 0.6) is 0 Å². The normalized spacial score (nSPS) is 19.2. The zero-order chi connectivity index (χ0) is 14.6. The van der Waals surface area contributed by atoms with E-state index in [4.69, 9.17) is 0 Å². The standard InChI is InChI=1S/C18H30N2/c1-18(2,3)19(4)17(16-11-7-5-8-12-16)15-20-13-9-6-10-14-20/h5,7-8,11-12,17H,6,9-10,13-15H2,1-4H3/t17-/m0/s1. The van der Waals surface area contributed by atoms with Crippen LogP contribution in [0.25, 0.3) is 0 Å². The van der Waals surface area contributed by atoms with Gasteiger partial charge in [-0.15, -0.1) is 0 Å². The molecule has 1 saturated heterocycles. The maximum absolute atomic E-state index is 2.64. The van der Waals surface area contributed by atoms with E-state index in [0.29, 0.717) is 6.04 Å². The Kier molecular flexibility index (Phi) is 5.22. The monoisotopic (exact) mass is 274 g/mol. The summed E-state index contributed by atoms with van der Waals surface area (Å²) in [5.74, 6) is 0. The van der Waals surface area contributed by atoms with Gasteiger partial charge in [-0.2, -0.15) is 0 Å². The lowest BCUT2D eigenvalue weighted by molar-refractivity contribution is 0.0776. The molecule has 0 radical (unpaired) electrons. The summed E-state index contributed by atoms with van der Waals surface area (Å²) in [5, 5.41) is 0. The average Bonchev–Trinajstić information content (AvgIpc) is 2.45. The highest BCUT2D eigenvalue weighted by molar-refractivity contribution is 5.20. The van der Waals surface area contributed by atoms with E-state index in [1.165, 1.54) is 37.9 Å². The van der Waals surface area contributed by atoms with Crippen molar-refractivity contribution in [3.63, 3.8) is 0 Å². The van der Waals surface area contributed by atoms with Crippen LogP contribution in [-0.2, 0) is 0 Å². The van der Waals surface area contributed by atoms with Crippen LogP contribution in [0.4, 0.5) is 0 Å². The number of nitrogens with zero attached hydrogens (tertiary/aromatic N) is 2. The third-order valence-corrected chi connectivity index (χ3v) is 4.59. The molecule has 0 saturated carbocycles. The molecular formula is C18H30N2. The minimum atomic E-state index is 0.191. The minimum absolute atomic E-state index is 0.191. The van der Waals surface area contributed by atoms with Crippen molar-refractivity contribution < 1.29 is 0 Å². The Morgan fingerprint density at radius 1 is 1.05 bits per heavy atom. The zero-order valence-electron chi connectivity index (χ0n) is 13.6. The molecule has 1 heterocycles. The van der Waals surface area contributed by atoms with E-state index < -0.39 is 0 Å². The van der Waals surface area contributed by atoms with Gasteiger partial charge in [-0.25, -0.2) is 0 Å². The third-order valence-electron chi connectivity index (χ3n) is 4.59. The molecule has 0 N–H and O–H groups in total. The first kappa shape index (κ1) is 15.5. The Morgan fingerprint density at radius 3 is 2.20 bits per heavy atom. The molecule has 2 rings (SSSR count). The molecule has 1 atom stereocenters. The molecule has 112 valence electrons. The summed E-state index contributed by atoms with van der Waals surface area (Å²) in [5.41, 5.74) is 1.63. The van der Waals surface area contributed by atoms with Crippen molar-refractivity contribution >= 4 is 0 Å². The number of likely N-dealkylation sites (tertiary alicyclic amines) is 1. The number of hydrogen-bond donors (Lipinski definition) is 0. The molecule has 20 heavy (non-hydrogen) atoms. The van der Waals surface area contributed by atoms with Crippen LogP contribution in [0.2, 0.25) is 0 Å². The maximum Gasteiger partial charge on any atom is 0.0477 e. The van der Waals surface area contributed by atoms with Gasteiger partial charge in [0.15, 0.2) is 0 Å². The summed E-state index contributed by atoms with van der Waals surface area (Å²) in [6.45, 7) is 10.6. The Bertz CT molecular complexity index is 388. The minimum Gasteiger partial charge on any atom is -0.301 e. The Balaban J connectivity index is 2.15. The van der Waals surface area contributed by atoms with E-state index >= 15 is 0 Å². The highest BCUT2D eigenvalue weighted by atomic mass is 15.2. The third kappa shape index (κ3) is 4.07. The first-order valence-electron chi connectivity index (χ1n) is 7.99. The van der Waals surface area contributed by atoms with E-state index in [1.807, 2.05) is 0 Å². The Hall–Kier alpha value is -0.860. The van der Waals surface area contributed by atoms with Gasteiger partial charge in [-0.3, -0.25) is 4.90 Å². The Labute approximate surface area is 124 Å². The molecule has 2 heteroatoms. The topological polar surface area (TPSA) is 6.48 Å². The largest absolute Gasteiger partial charge is 0.301 e. The lowest BCUT2D eigenvalue weighted by Crippen LogP contribution is -2.46. The van der Waals surface area contributed by atoms with E-state index in [2.05, 4.69) is 68.0 Å². The lowest BCUT2D eigenvalue weighted by Gasteiger charge is -2.42. The number of hydrogen-bond acceptors (Lipinski definition) is 2. The molecule has 1 aromatic rings. The van der Waals surface area contributed by atoms with Crippen LogP contribution < -0.4 is 0 Å². The molecule has 1 aromatic carbocycles. The molecule has 1 aliphatic rings. The van der Waals surface area contributed by atoms with Gasteiger partial charge in [0.25, 0.3) is 0 Å². The summed E-state index contributed by atoms with van der Waals surface area (Å²) in [7, 11) is 2.27. The van der Waals surface area contributed by atoms with E-state index in [1.54, 1.807) is 0 Å². The molecule has 2 nitrogen and oxygen atoms in total. The Morgan fingerprint density at radius 2 is 1.65 bits per heavy atom. The second-order valence-electron chi connectivity index (χ2n) is 7.07. The second-order valence-corrected chi connectivity index (χ2v) is 7.07. The van der Waals surface area contributed by atoms with Gasteiger partial charge < -0.3 is 4.90 Å². The van der Waals surface area contributed by atoms with Crippen LogP contribution in [0.1, 0.15) is 51.6 Å². The molecule has 0 spiro atoms. The summed E-state index contributed by atoms with van der Waals surface area (Å²) >= 11 is 0. The SMILES string of the molecule is CN([C@@H](CN1CCCCC1)c1ccccc1)C(C)(C)C. The van der Waals surface area contributed by atoms with Crippen molar-refractivity contribution in [1.29, 1.82) is 0 Å². The number of benzene rings is 1. The zero-order valence-corrected chi connectivity index (χ0v) is 13.6. The highest BCUT2D eigenvalue weighted by Gasteiger charge is 2.28. The quantitative estimate of drug-likeness (QED) is 0.820. The summed E-state index contributed by atoms with van der Waals surface area (Å²) in [6, 6.07) is 11.5. The first-order valence-corrected chi connectivity index (χ1v) is 7.99. The fourth-order valence-electron chi connectivity index (χ4n) is 2.98. The average molecular weight is 274 g/mol. The smallest absolute Gasteiger partial charge is 0.0477 e. The van der Waals surface area contributed by atoms with Crippen molar-refractivity contribution in [3.05, 3.63) is 35.9 Å². The first-order chi connectivity index (χ1) is 9.48. The number of likely N-dealkylation sites (N-methyl/N-ethyl adjacent to an activating group) is 1. The van der Waals surface area contributed by atoms with Crippen LogP contribution in [0.3, 0.4) is 0 Å². The van der Waals surface area contributed by atoms with E-state index in [0.717, 1.165) is 6.54 Å². The van der Waals surface area contributed by atoms with Crippen molar-refractivity contribution in [3.8, 4) is 0 Å². The van der Waals surface area contributed by atoms with Gasteiger partial charge in [0.1, 0.15) is 0 Å². The van der Waals surface area contributed by atoms with Gasteiger partial charge in [-0.1, -0.05) is 36.8 Å². The van der Waals surface area contributed by atoms with Crippen LogP contribution in [0.15, 0.2) is 30.3 Å². The summed E-state index contributed by atoms with van der Waals surface area (Å²) in [6.07, 6.45) is 4.13. The molecular weight excluding hydrogens is 244 g/mol. The van der Waals surface area contributed by atoms with E-state index in [9.17, 15) is 0 Å². The van der Waals surface area contributed by atoms with Gasteiger partial charge in [0.2, 0.25) is 0 Å². The molecule has 0 aliphatic carbocycles. The van der Waals surface area contributed by atoms with Gasteiger partial charge >= 0.3 is 0 Å². The predicted octanol–water partition coefficient (Wildman–Crippen LogP) is 3.94. The molecule has 0 bridgehead atoms. The van der Waals surface area contributed by atoms with Crippen molar-refractivity contribution in [2.24, 2.45) is 0 Å². The van der Waals surface area contributed by atoms with Gasteiger partial charge in [0.05, 0.1) is 0 Å². The van der Waals surface area contributed by atoms with Crippen molar-refractivity contribution in [2.45, 2.75) is 51.6 Å². The van der Waals surface area contributed by atoms with Crippen LogP contribution in [-0.4, -0.2) is 42.0 Å². The van der Waals surface area contributed by atoms with Crippen LogP contribution in [0, 0.1) is 0 Å².